The summed E-state index contributed by atoms with van der Waals surface area (Å²) in [6.07, 6.45) is 0. The SMILES string of the molecule is CC(C)COc1cc(F)ccc1NC(=O)Nc1nc(-c2ccccc2)ns1. The van der Waals surface area contributed by atoms with Crippen LogP contribution in [0.5, 0.6) is 5.75 Å². The van der Waals surface area contributed by atoms with Gasteiger partial charge in [0, 0.05) is 23.2 Å². The first-order valence-electron chi connectivity index (χ1n) is 8.41. The maximum Gasteiger partial charge on any atom is 0.325 e. The van der Waals surface area contributed by atoms with Crippen molar-refractivity contribution in [1.82, 2.24) is 9.36 Å². The summed E-state index contributed by atoms with van der Waals surface area (Å²) in [7, 11) is 0. The molecule has 8 heteroatoms. The fourth-order valence-corrected chi connectivity index (χ4v) is 2.79. The Morgan fingerprint density at radius 2 is 1.96 bits per heavy atom. The number of aromatic nitrogens is 2. The number of anilines is 2. The van der Waals surface area contributed by atoms with Crippen LogP contribution >= 0.6 is 11.5 Å². The normalized spacial score (nSPS) is 10.7. The van der Waals surface area contributed by atoms with Gasteiger partial charge in [0.25, 0.3) is 0 Å². The molecule has 3 rings (SSSR count). The molecule has 140 valence electrons. The van der Waals surface area contributed by atoms with Gasteiger partial charge in [0.1, 0.15) is 11.6 Å². The van der Waals surface area contributed by atoms with Crippen LogP contribution in [0.4, 0.5) is 20.0 Å². The van der Waals surface area contributed by atoms with Crippen LogP contribution in [-0.4, -0.2) is 22.0 Å². The Bertz CT molecular complexity index is 915. The van der Waals surface area contributed by atoms with Gasteiger partial charge in [-0.05, 0) is 18.1 Å². The average Bonchev–Trinajstić information content (AvgIpc) is 3.11. The van der Waals surface area contributed by atoms with Gasteiger partial charge >= 0.3 is 6.03 Å². The molecule has 6 nitrogen and oxygen atoms in total. The van der Waals surface area contributed by atoms with E-state index in [0.717, 1.165) is 17.1 Å². The van der Waals surface area contributed by atoms with Crippen LogP contribution in [0, 0.1) is 11.7 Å². The predicted molar refractivity (Wildman–Crippen MR) is 105 cm³/mol. The largest absolute Gasteiger partial charge is 0.491 e. The Balaban J connectivity index is 1.67. The number of amides is 2. The first kappa shape index (κ1) is 18.8. The zero-order chi connectivity index (χ0) is 19.2. The highest BCUT2D eigenvalue weighted by atomic mass is 32.1. The van der Waals surface area contributed by atoms with Crippen LogP contribution < -0.4 is 15.4 Å². The fourth-order valence-electron chi connectivity index (χ4n) is 2.20. The van der Waals surface area contributed by atoms with Crippen LogP contribution in [0.25, 0.3) is 11.4 Å². The number of nitrogens with zero attached hydrogens (tertiary/aromatic N) is 2. The number of ether oxygens (including phenoxy) is 1. The summed E-state index contributed by atoms with van der Waals surface area (Å²) >= 11 is 1.08. The van der Waals surface area contributed by atoms with E-state index in [4.69, 9.17) is 4.74 Å². The molecule has 2 amide bonds. The summed E-state index contributed by atoms with van der Waals surface area (Å²) in [5.74, 6) is 0.656. The summed E-state index contributed by atoms with van der Waals surface area (Å²) < 4.78 is 23.3. The summed E-state index contributed by atoms with van der Waals surface area (Å²) in [6, 6.07) is 12.9. The zero-order valence-corrected chi connectivity index (χ0v) is 15.7. The van der Waals surface area contributed by atoms with Crippen LogP contribution in [0.15, 0.2) is 48.5 Å². The molecular weight excluding hydrogens is 367 g/mol. The van der Waals surface area contributed by atoms with Crippen LogP contribution in [-0.2, 0) is 0 Å². The lowest BCUT2D eigenvalue weighted by molar-refractivity contribution is 0.260. The third-order valence-electron chi connectivity index (χ3n) is 3.44. The molecule has 0 spiro atoms. The van der Waals surface area contributed by atoms with E-state index in [2.05, 4.69) is 20.0 Å². The van der Waals surface area contributed by atoms with E-state index in [-0.39, 0.29) is 11.7 Å². The zero-order valence-electron chi connectivity index (χ0n) is 14.9. The molecule has 1 heterocycles. The summed E-state index contributed by atoms with van der Waals surface area (Å²) in [6.45, 7) is 4.38. The highest BCUT2D eigenvalue weighted by Gasteiger charge is 2.13. The number of carbonyl (C=O) groups is 1. The van der Waals surface area contributed by atoms with Gasteiger partial charge in [-0.1, -0.05) is 44.2 Å². The number of hydrogen-bond donors (Lipinski definition) is 2. The maximum atomic E-state index is 13.5. The molecule has 3 aromatic rings. The van der Waals surface area contributed by atoms with Crippen molar-refractivity contribution >= 4 is 28.4 Å². The third kappa shape index (κ3) is 5.24. The maximum absolute atomic E-state index is 13.5. The summed E-state index contributed by atoms with van der Waals surface area (Å²) in [5.41, 5.74) is 1.24. The highest BCUT2D eigenvalue weighted by molar-refractivity contribution is 7.10. The Morgan fingerprint density at radius 3 is 2.70 bits per heavy atom. The average molecular weight is 386 g/mol. The second-order valence-electron chi connectivity index (χ2n) is 6.21. The molecule has 0 radical (unpaired) electrons. The number of rotatable bonds is 6. The van der Waals surface area contributed by atoms with Crippen LogP contribution in [0.3, 0.4) is 0 Å². The van der Waals surface area contributed by atoms with E-state index < -0.39 is 11.8 Å². The molecular formula is C19H19FN4O2S. The minimum atomic E-state index is -0.508. The van der Waals surface area contributed by atoms with Gasteiger partial charge < -0.3 is 10.1 Å². The Morgan fingerprint density at radius 1 is 1.19 bits per heavy atom. The number of nitrogens with one attached hydrogen (secondary N) is 2. The monoisotopic (exact) mass is 386 g/mol. The van der Waals surface area contributed by atoms with Crippen molar-refractivity contribution in [3.63, 3.8) is 0 Å². The Labute approximate surface area is 160 Å². The van der Waals surface area contributed by atoms with E-state index in [1.165, 1.54) is 18.2 Å². The molecule has 0 fully saturated rings. The van der Waals surface area contributed by atoms with Crippen molar-refractivity contribution in [1.29, 1.82) is 0 Å². The standard InChI is InChI=1S/C19H19FN4O2S/c1-12(2)11-26-16-10-14(20)8-9-15(16)21-18(25)23-19-22-17(24-27-19)13-6-4-3-5-7-13/h3-10,12H,11H2,1-2H3,(H2,21,22,23,24,25). The van der Waals surface area contributed by atoms with Crippen LogP contribution in [0.1, 0.15) is 13.8 Å². The Kier molecular flexibility index (Phi) is 5.97. The topological polar surface area (TPSA) is 76.1 Å². The van der Waals surface area contributed by atoms with E-state index >= 15 is 0 Å². The quantitative estimate of drug-likeness (QED) is 0.623. The van der Waals surface area contributed by atoms with Gasteiger partial charge in [-0.15, -0.1) is 0 Å². The molecule has 2 N–H and O–H groups in total. The van der Waals surface area contributed by atoms with E-state index in [9.17, 15) is 9.18 Å². The molecule has 1 aromatic heterocycles. The number of carbonyl (C=O) groups excluding carboxylic acids is 1. The number of urea groups is 1. The highest BCUT2D eigenvalue weighted by Crippen LogP contribution is 2.27. The first-order chi connectivity index (χ1) is 13.0. The molecule has 2 aromatic carbocycles. The molecule has 27 heavy (non-hydrogen) atoms. The lowest BCUT2D eigenvalue weighted by Gasteiger charge is -2.14. The summed E-state index contributed by atoms with van der Waals surface area (Å²) in [5, 5.41) is 5.65. The van der Waals surface area contributed by atoms with Gasteiger partial charge in [-0.3, -0.25) is 5.32 Å². The number of benzene rings is 2. The molecule has 0 saturated carbocycles. The second-order valence-corrected chi connectivity index (χ2v) is 6.97. The van der Waals surface area contributed by atoms with E-state index in [0.29, 0.717) is 23.3 Å². The van der Waals surface area contributed by atoms with Gasteiger partial charge in [0.05, 0.1) is 12.3 Å². The molecule has 0 atom stereocenters. The van der Waals surface area contributed by atoms with Gasteiger partial charge in [0.15, 0.2) is 5.82 Å². The Hall–Kier alpha value is -3.00. The lowest BCUT2D eigenvalue weighted by atomic mass is 10.2. The van der Waals surface area contributed by atoms with Crippen molar-refractivity contribution in [3.8, 4) is 17.1 Å². The smallest absolute Gasteiger partial charge is 0.325 e. The van der Waals surface area contributed by atoms with Crippen molar-refractivity contribution in [3.05, 3.63) is 54.3 Å². The number of halogens is 1. The van der Waals surface area contributed by atoms with Gasteiger partial charge in [0.2, 0.25) is 5.13 Å². The molecule has 0 aliphatic carbocycles. The number of hydrogen-bond acceptors (Lipinski definition) is 5. The minimum absolute atomic E-state index is 0.271. The minimum Gasteiger partial charge on any atom is -0.491 e. The van der Waals surface area contributed by atoms with Crippen molar-refractivity contribution in [2.45, 2.75) is 13.8 Å². The van der Waals surface area contributed by atoms with Crippen molar-refractivity contribution in [2.24, 2.45) is 5.92 Å². The van der Waals surface area contributed by atoms with E-state index in [1.54, 1.807) is 0 Å². The van der Waals surface area contributed by atoms with Gasteiger partial charge in [-0.2, -0.15) is 9.36 Å². The lowest BCUT2D eigenvalue weighted by Crippen LogP contribution is -2.20. The van der Waals surface area contributed by atoms with Crippen molar-refractivity contribution < 1.29 is 13.9 Å². The first-order valence-corrected chi connectivity index (χ1v) is 9.18. The van der Waals surface area contributed by atoms with Crippen LogP contribution in [0.2, 0.25) is 0 Å². The fraction of sp³-hybridized carbons (Fsp3) is 0.211. The second kappa shape index (κ2) is 8.59. The van der Waals surface area contributed by atoms with Gasteiger partial charge in [-0.25, -0.2) is 9.18 Å². The van der Waals surface area contributed by atoms with E-state index in [1.807, 2.05) is 44.2 Å². The molecule has 0 bridgehead atoms. The summed E-state index contributed by atoms with van der Waals surface area (Å²) in [4.78, 5) is 16.6. The third-order valence-corrected chi connectivity index (χ3v) is 4.07. The molecule has 0 saturated heterocycles. The predicted octanol–water partition coefficient (Wildman–Crippen LogP) is 5.02. The molecule has 0 aliphatic rings. The molecule has 0 aliphatic heterocycles. The van der Waals surface area contributed by atoms with Crippen molar-refractivity contribution in [2.75, 3.05) is 17.2 Å². The molecule has 0 unspecified atom stereocenters.